The van der Waals surface area contributed by atoms with E-state index in [4.69, 9.17) is 4.74 Å². The second kappa shape index (κ2) is 8.08. The van der Waals surface area contributed by atoms with Crippen LogP contribution in [0.5, 0.6) is 0 Å². The average molecular weight is 324 g/mol. The van der Waals surface area contributed by atoms with Crippen LogP contribution >= 0.6 is 0 Å². The monoisotopic (exact) mass is 324 g/mol. The molecule has 0 spiro atoms. The van der Waals surface area contributed by atoms with Gasteiger partial charge in [-0.3, -0.25) is 9.69 Å². The first kappa shape index (κ1) is 16.7. The molecule has 1 saturated heterocycles. The van der Waals surface area contributed by atoms with Crippen LogP contribution in [0.2, 0.25) is 0 Å². The zero-order valence-corrected chi connectivity index (χ0v) is 14.1. The molecule has 0 saturated carbocycles. The summed E-state index contributed by atoms with van der Waals surface area (Å²) in [5, 5.41) is 3.19. The summed E-state index contributed by atoms with van der Waals surface area (Å²) in [6.45, 7) is 6.20. The second-order valence-electron chi connectivity index (χ2n) is 6.22. The third-order valence-electron chi connectivity index (χ3n) is 4.37. The van der Waals surface area contributed by atoms with Gasteiger partial charge in [-0.15, -0.1) is 0 Å². The van der Waals surface area contributed by atoms with E-state index in [0.717, 1.165) is 38.4 Å². The van der Waals surface area contributed by atoms with Crippen LogP contribution in [0.4, 0.5) is 0 Å². The lowest BCUT2D eigenvalue weighted by Crippen LogP contribution is -2.43. The molecule has 0 unspecified atom stereocenters. The molecule has 4 nitrogen and oxygen atoms in total. The number of carbonyl (C=O) groups excluding carboxylic acids is 1. The number of nitrogens with one attached hydrogen (secondary N) is 1. The van der Waals surface area contributed by atoms with E-state index in [9.17, 15) is 4.79 Å². The molecular formula is C20H24N2O2. The smallest absolute Gasteiger partial charge is 0.251 e. The van der Waals surface area contributed by atoms with Crippen molar-refractivity contribution in [3.8, 4) is 0 Å². The highest BCUT2D eigenvalue weighted by Crippen LogP contribution is 2.17. The molecule has 4 heteroatoms. The number of ether oxygens (including phenoxy) is 1. The topological polar surface area (TPSA) is 41.6 Å². The first-order chi connectivity index (χ1) is 11.7. The quantitative estimate of drug-likeness (QED) is 0.919. The molecule has 24 heavy (non-hydrogen) atoms. The van der Waals surface area contributed by atoms with Crippen molar-refractivity contribution in [1.82, 2.24) is 10.2 Å². The molecule has 2 aromatic carbocycles. The van der Waals surface area contributed by atoms with Gasteiger partial charge in [0.05, 0.1) is 19.3 Å². The highest BCUT2D eigenvalue weighted by molar-refractivity contribution is 5.94. The van der Waals surface area contributed by atoms with E-state index in [1.54, 1.807) is 0 Å². The summed E-state index contributed by atoms with van der Waals surface area (Å²) in [5.41, 5.74) is 3.05. The maximum atomic E-state index is 12.6. The number of morpholine rings is 1. The molecule has 0 aromatic heterocycles. The molecule has 1 atom stereocenters. The van der Waals surface area contributed by atoms with Gasteiger partial charge in [-0.1, -0.05) is 48.0 Å². The number of hydrogen-bond donors (Lipinski definition) is 1. The fourth-order valence-corrected chi connectivity index (χ4v) is 2.91. The number of rotatable bonds is 5. The summed E-state index contributed by atoms with van der Waals surface area (Å²) in [7, 11) is 0. The van der Waals surface area contributed by atoms with Crippen LogP contribution in [0, 0.1) is 6.92 Å². The number of aryl methyl sites for hydroxylation is 1. The van der Waals surface area contributed by atoms with E-state index >= 15 is 0 Å². The van der Waals surface area contributed by atoms with Crippen molar-refractivity contribution in [2.45, 2.75) is 13.0 Å². The van der Waals surface area contributed by atoms with Crippen LogP contribution in [0.25, 0.3) is 0 Å². The lowest BCUT2D eigenvalue weighted by atomic mass is 10.0. The predicted octanol–water partition coefficient (Wildman–Crippen LogP) is 2.80. The van der Waals surface area contributed by atoms with Crippen LogP contribution < -0.4 is 5.32 Å². The van der Waals surface area contributed by atoms with Crippen molar-refractivity contribution in [3.63, 3.8) is 0 Å². The number of carbonyl (C=O) groups is 1. The lowest BCUT2D eigenvalue weighted by molar-refractivity contribution is 0.0332. The fourth-order valence-electron chi connectivity index (χ4n) is 2.91. The Morgan fingerprint density at radius 2 is 1.75 bits per heavy atom. The van der Waals surface area contributed by atoms with Crippen molar-refractivity contribution in [2.75, 3.05) is 32.8 Å². The van der Waals surface area contributed by atoms with Gasteiger partial charge < -0.3 is 10.1 Å². The van der Waals surface area contributed by atoms with Gasteiger partial charge in [-0.05, 0) is 24.6 Å². The maximum absolute atomic E-state index is 12.6. The molecular weight excluding hydrogens is 300 g/mol. The summed E-state index contributed by atoms with van der Waals surface area (Å²) in [4.78, 5) is 14.9. The molecule has 1 amide bonds. The largest absolute Gasteiger partial charge is 0.379 e. The van der Waals surface area contributed by atoms with Crippen molar-refractivity contribution < 1.29 is 9.53 Å². The molecule has 1 fully saturated rings. The van der Waals surface area contributed by atoms with Crippen LogP contribution in [-0.4, -0.2) is 43.7 Å². The Balaban J connectivity index is 1.75. The lowest BCUT2D eigenvalue weighted by Gasteiger charge is -2.31. The Morgan fingerprint density at radius 1 is 1.08 bits per heavy atom. The second-order valence-corrected chi connectivity index (χ2v) is 6.22. The number of nitrogens with zero attached hydrogens (tertiary/aromatic N) is 1. The third kappa shape index (κ3) is 4.43. The van der Waals surface area contributed by atoms with E-state index in [0.29, 0.717) is 5.56 Å². The van der Waals surface area contributed by atoms with Crippen molar-refractivity contribution >= 4 is 5.91 Å². The predicted molar refractivity (Wildman–Crippen MR) is 95.1 cm³/mol. The summed E-state index contributed by atoms with van der Waals surface area (Å²) in [6, 6.07) is 17.7. The molecule has 3 rings (SSSR count). The van der Waals surface area contributed by atoms with Crippen molar-refractivity contribution in [3.05, 3.63) is 71.3 Å². The summed E-state index contributed by atoms with van der Waals surface area (Å²) >= 11 is 0. The highest BCUT2D eigenvalue weighted by Gasteiger charge is 2.20. The minimum absolute atomic E-state index is 0.0311. The number of amides is 1. The standard InChI is InChI=1S/C20H24N2O2/c1-16-7-9-17(10-8-16)19(15-22-11-13-24-14-12-22)21-20(23)18-5-3-2-4-6-18/h2-10,19H,11-15H2,1H3,(H,21,23)/t19-/m0/s1. The van der Waals surface area contributed by atoms with Gasteiger partial charge in [0.25, 0.3) is 5.91 Å². The Bertz CT molecular complexity index is 649. The van der Waals surface area contributed by atoms with Gasteiger partial charge in [-0.25, -0.2) is 0 Å². The molecule has 1 N–H and O–H groups in total. The van der Waals surface area contributed by atoms with Gasteiger partial charge in [0.15, 0.2) is 0 Å². The van der Waals surface area contributed by atoms with Gasteiger partial charge in [-0.2, -0.15) is 0 Å². The maximum Gasteiger partial charge on any atom is 0.251 e. The van der Waals surface area contributed by atoms with Crippen molar-refractivity contribution in [1.29, 1.82) is 0 Å². The number of benzene rings is 2. The van der Waals surface area contributed by atoms with Gasteiger partial charge >= 0.3 is 0 Å². The van der Waals surface area contributed by atoms with Gasteiger partial charge in [0, 0.05) is 25.2 Å². The summed E-state index contributed by atoms with van der Waals surface area (Å²) in [6.07, 6.45) is 0. The van der Waals surface area contributed by atoms with E-state index in [1.807, 2.05) is 30.3 Å². The first-order valence-corrected chi connectivity index (χ1v) is 8.45. The zero-order valence-electron chi connectivity index (χ0n) is 14.1. The van der Waals surface area contributed by atoms with Gasteiger partial charge in [0.1, 0.15) is 0 Å². The normalized spacial score (nSPS) is 16.5. The highest BCUT2D eigenvalue weighted by atomic mass is 16.5. The molecule has 1 aliphatic heterocycles. The Morgan fingerprint density at radius 3 is 2.42 bits per heavy atom. The number of hydrogen-bond acceptors (Lipinski definition) is 3. The van der Waals surface area contributed by atoms with Crippen LogP contribution in [0.1, 0.15) is 27.5 Å². The SMILES string of the molecule is Cc1ccc([C@H](CN2CCOCC2)NC(=O)c2ccccc2)cc1. The van der Waals surface area contributed by atoms with Crippen LogP contribution in [-0.2, 0) is 4.74 Å². The van der Waals surface area contributed by atoms with E-state index in [2.05, 4.69) is 41.4 Å². The van der Waals surface area contributed by atoms with Crippen LogP contribution in [0.3, 0.4) is 0 Å². The zero-order chi connectivity index (χ0) is 16.8. The molecule has 2 aromatic rings. The van der Waals surface area contributed by atoms with E-state index in [-0.39, 0.29) is 11.9 Å². The molecule has 1 heterocycles. The summed E-state index contributed by atoms with van der Waals surface area (Å²) < 4.78 is 5.42. The van der Waals surface area contributed by atoms with E-state index in [1.165, 1.54) is 5.56 Å². The molecule has 1 aliphatic rings. The Labute approximate surface area is 143 Å². The Kier molecular flexibility index (Phi) is 5.62. The van der Waals surface area contributed by atoms with Crippen molar-refractivity contribution in [2.24, 2.45) is 0 Å². The first-order valence-electron chi connectivity index (χ1n) is 8.45. The summed E-state index contributed by atoms with van der Waals surface area (Å²) in [5.74, 6) is -0.0329. The average Bonchev–Trinajstić information content (AvgIpc) is 2.63. The molecule has 0 bridgehead atoms. The molecule has 0 radical (unpaired) electrons. The minimum atomic E-state index is -0.0329. The Hall–Kier alpha value is -2.17. The van der Waals surface area contributed by atoms with Crippen LogP contribution in [0.15, 0.2) is 54.6 Å². The minimum Gasteiger partial charge on any atom is -0.379 e. The van der Waals surface area contributed by atoms with Gasteiger partial charge in [0.2, 0.25) is 0 Å². The molecule has 0 aliphatic carbocycles. The fraction of sp³-hybridized carbons (Fsp3) is 0.350. The van der Waals surface area contributed by atoms with E-state index < -0.39 is 0 Å². The molecule has 126 valence electrons. The third-order valence-corrected chi connectivity index (χ3v) is 4.37.